The topological polar surface area (TPSA) is 160 Å². The van der Waals surface area contributed by atoms with E-state index in [-0.39, 0.29) is 41.5 Å². The van der Waals surface area contributed by atoms with Crippen molar-refractivity contribution in [1.29, 1.82) is 0 Å². The van der Waals surface area contributed by atoms with Crippen molar-refractivity contribution in [3.05, 3.63) is 107 Å². The molecular formula is C38H37N5O7. The first-order valence-electron chi connectivity index (χ1n) is 16.7. The third-order valence-electron chi connectivity index (χ3n) is 9.67. The summed E-state index contributed by atoms with van der Waals surface area (Å²) < 4.78 is 12.1. The minimum absolute atomic E-state index is 0.0347. The lowest BCUT2D eigenvalue weighted by molar-refractivity contribution is -0.136. The van der Waals surface area contributed by atoms with Crippen LogP contribution in [0.4, 0.5) is 5.69 Å². The van der Waals surface area contributed by atoms with Crippen molar-refractivity contribution in [2.24, 2.45) is 0 Å². The number of piperidine rings is 1. The maximum atomic E-state index is 13.2. The molecule has 2 fully saturated rings. The number of anilines is 1. The van der Waals surface area contributed by atoms with Gasteiger partial charge in [0.15, 0.2) is 0 Å². The lowest BCUT2D eigenvalue weighted by atomic mass is 9.78. The van der Waals surface area contributed by atoms with Crippen molar-refractivity contribution in [2.45, 2.75) is 76.2 Å². The smallest absolute Gasteiger partial charge is 0.262 e. The third-order valence-corrected chi connectivity index (χ3v) is 9.67. The predicted molar refractivity (Wildman–Crippen MR) is 182 cm³/mol. The number of carbonyl (C=O) groups is 4. The zero-order chi connectivity index (χ0) is 35.2. The summed E-state index contributed by atoms with van der Waals surface area (Å²) in [4.78, 5) is 51.0. The molecule has 0 radical (unpaired) electrons. The van der Waals surface area contributed by atoms with Crippen LogP contribution < -0.4 is 20.1 Å². The maximum absolute atomic E-state index is 13.2. The molecule has 3 aromatic carbocycles. The number of aliphatic hydroxyl groups excluding tert-OH is 1. The van der Waals surface area contributed by atoms with E-state index in [1.807, 2.05) is 36.4 Å². The minimum Gasteiger partial charge on any atom is -0.490 e. The number of rotatable bonds is 10. The average Bonchev–Trinajstić information content (AvgIpc) is 3.32. The van der Waals surface area contributed by atoms with Gasteiger partial charge in [0.1, 0.15) is 23.6 Å². The molecule has 3 N–H and O–H groups in total. The third kappa shape index (κ3) is 6.41. The summed E-state index contributed by atoms with van der Waals surface area (Å²) >= 11 is 0. The molecular weight excluding hydrogens is 638 g/mol. The van der Waals surface area contributed by atoms with Crippen molar-refractivity contribution in [3.8, 4) is 17.4 Å². The molecule has 2 unspecified atom stereocenters. The van der Waals surface area contributed by atoms with E-state index in [9.17, 15) is 24.3 Å². The quantitative estimate of drug-likeness (QED) is 0.194. The van der Waals surface area contributed by atoms with Crippen molar-refractivity contribution < 1.29 is 33.8 Å². The van der Waals surface area contributed by atoms with Crippen LogP contribution in [0.25, 0.3) is 0 Å². The van der Waals surface area contributed by atoms with E-state index in [0.717, 1.165) is 34.6 Å². The molecule has 50 heavy (non-hydrogen) atoms. The highest BCUT2D eigenvalue weighted by atomic mass is 16.5. The number of fused-ring (bicyclic) bond motifs is 1. The van der Waals surface area contributed by atoms with Crippen molar-refractivity contribution in [3.63, 3.8) is 0 Å². The lowest BCUT2D eigenvalue weighted by Crippen LogP contribution is -2.54. The SMILES string of the molecule is CC(O)c1ccc(Oc2ccc(C(C)(C)c3ccc(OC4CC(Nc5ccc6c(c5)C(=O)N(C5CCC(=O)NC5=O)C6=O)C4)cc3)cc2)nn1. The second kappa shape index (κ2) is 13.0. The molecule has 0 spiro atoms. The highest BCUT2D eigenvalue weighted by molar-refractivity contribution is 6.23. The van der Waals surface area contributed by atoms with Crippen molar-refractivity contribution >= 4 is 29.3 Å². The summed E-state index contributed by atoms with van der Waals surface area (Å²) in [6.45, 7) is 5.96. The Balaban J connectivity index is 0.910. The normalized spacial score (nSPS) is 20.9. The van der Waals surface area contributed by atoms with Gasteiger partial charge in [0, 0.05) is 42.5 Å². The van der Waals surface area contributed by atoms with Gasteiger partial charge in [-0.3, -0.25) is 29.4 Å². The number of hydrogen-bond donors (Lipinski definition) is 3. The van der Waals surface area contributed by atoms with Gasteiger partial charge in [-0.2, -0.15) is 0 Å². The molecule has 3 aliphatic rings. The summed E-state index contributed by atoms with van der Waals surface area (Å²) in [7, 11) is 0. The number of aromatic nitrogens is 2. The van der Waals surface area contributed by atoms with Gasteiger partial charge in [-0.25, -0.2) is 0 Å². The minimum atomic E-state index is -0.989. The standard InChI is InChI=1S/C38H37N5O7/c1-21(44)31-14-17-34(42-41-31)50-27-11-6-23(7-12-27)38(2,3)22-4-9-26(10-5-22)49-28-18-25(19-28)39-24-8-13-29-30(20-24)37(48)43(36(29)47)32-15-16-33(45)40-35(32)46/h4-14,17,20-21,25,28,32,39,44H,15-16,18-19H2,1-3H3,(H,40,45,46). The van der Waals surface area contributed by atoms with Crippen LogP contribution in [-0.4, -0.2) is 62.0 Å². The molecule has 1 aliphatic carbocycles. The highest BCUT2D eigenvalue weighted by Crippen LogP contribution is 2.36. The molecule has 4 aromatic rings. The number of imide groups is 2. The Morgan fingerprint density at radius 2 is 1.52 bits per heavy atom. The van der Waals surface area contributed by atoms with Gasteiger partial charge in [-0.05, 0) is 73.0 Å². The largest absolute Gasteiger partial charge is 0.490 e. The fraction of sp³-hybridized carbons (Fsp3) is 0.316. The van der Waals surface area contributed by atoms with Gasteiger partial charge in [0.25, 0.3) is 11.8 Å². The van der Waals surface area contributed by atoms with E-state index in [0.29, 0.717) is 23.0 Å². The van der Waals surface area contributed by atoms with E-state index < -0.39 is 35.8 Å². The van der Waals surface area contributed by atoms with Crippen molar-refractivity contribution in [1.82, 2.24) is 20.4 Å². The van der Waals surface area contributed by atoms with E-state index in [2.05, 4.69) is 46.8 Å². The summed E-state index contributed by atoms with van der Waals surface area (Å²) in [5, 5.41) is 23.3. The van der Waals surface area contributed by atoms with E-state index in [1.54, 1.807) is 37.3 Å². The Kier molecular flexibility index (Phi) is 8.56. The Morgan fingerprint density at radius 1 is 0.860 bits per heavy atom. The van der Waals surface area contributed by atoms with Crippen LogP contribution in [0.2, 0.25) is 0 Å². The van der Waals surface area contributed by atoms with Crippen LogP contribution in [0.1, 0.15) is 90.1 Å². The molecule has 2 atom stereocenters. The molecule has 2 aliphatic heterocycles. The number of benzene rings is 3. The van der Waals surface area contributed by atoms with Gasteiger partial charge >= 0.3 is 0 Å². The van der Waals surface area contributed by atoms with Crippen LogP contribution in [-0.2, 0) is 15.0 Å². The average molecular weight is 676 g/mol. The summed E-state index contributed by atoms with van der Waals surface area (Å²) in [5.74, 6) is -0.303. The number of nitrogens with zero attached hydrogens (tertiary/aromatic N) is 3. The Bertz CT molecular complexity index is 1950. The molecule has 0 bridgehead atoms. The Morgan fingerprint density at radius 3 is 2.14 bits per heavy atom. The van der Waals surface area contributed by atoms with Gasteiger partial charge in [-0.15, -0.1) is 10.2 Å². The summed E-state index contributed by atoms with van der Waals surface area (Å²) in [6.07, 6.45) is 1.08. The lowest BCUT2D eigenvalue weighted by Gasteiger charge is -2.36. The van der Waals surface area contributed by atoms with E-state index in [1.165, 1.54) is 0 Å². The Hall–Kier alpha value is -5.62. The number of ether oxygens (including phenoxy) is 2. The Labute approximate surface area is 288 Å². The second-order valence-corrected chi connectivity index (χ2v) is 13.5. The van der Waals surface area contributed by atoms with E-state index >= 15 is 0 Å². The van der Waals surface area contributed by atoms with Crippen LogP contribution >= 0.6 is 0 Å². The van der Waals surface area contributed by atoms with Gasteiger partial charge in [0.05, 0.1) is 22.9 Å². The molecule has 12 nitrogen and oxygen atoms in total. The molecule has 7 rings (SSSR count). The number of aliphatic hydroxyl groups is 1. The zero-order valence-corrected chi connectivity index (χ0v) is 27.9. The maximum Gasteiger partial charge on any atom is 0.262 e. The molecule has 4 amide bonds. The fourth-order valence-electron chi connectivity index (χ4n) is 6.55. The first-order chi connectivity index (χ1) is 24.0. The summed E-state index contributed by atoms with van der Waals surface area (Å²) in [6, 6.07) is 23.5. The second-order valence-electron chi connectivity index (χ2n) is 13.5. The van der Waals surface area contributed by atoms with Crippen LogP contribution in [0, 0.1) is 0 Å². The molecule has 256 valence electrons. The van der Waals surface area contributed by atoms with Crippen LogP contribution in [0.15, 0.2) is 78.9 Å². The first kappa shape index (κ1) is 32.9. The first-order valence-corrected chi connectivity index (χ1v) is 16.7. The number of nitrogens with one attached hydrogen (secondary N) is 2. The van der Waals surface area contributed by atoms with Gasteiger partial charge < -0.3 is 19.9 Å². The number of hydrogen-bond acceptors (Lipinski definition) is 10. The molecule has 1 aromatic heterocycles. The number of carbonyl (C=O) groups excluding carboxylic acids is 4. The van der Waals surface area contributed by atoms with Gasteiger partial charge in [-0.1, -0.05) is 38.1 Å². The van der Waals surface area contributed by atoms with E-state index in [4.69, 9.17) is 9.47 Å². The monoisotopic (exact) mass is 675 g/mol. The zero-order valence-electron chi connectivity index (χ0n) is 27.9. The molecule has 1 saturated carbocycles. The van der Waals surface area contributed by atoms with Crippen LogP contribution in [0.3, 0.4) is 0 Å². The number of amides is 4. The van der Waals surface area contributed by atoms with Crippen LogP contribution in [0.5, 0.6) is 17.4 Å². The molecule has 3 heterocycles. The summed E-state index contributed by atoms with van der Waals surface area (Å²) in [5.41, 5.74) is 3.67. The predicted octanol–water partition coefficient (Wildman–Crippen LogP) is 5.07. The molecule has 12 heteroatoms. The molecule has 1 saturated heterocycles. The van der Waals surface area contributed by atoms with Gasteiger partial charge in [0.2, 0.25) is 17.7 Å². The van der Waals surface area contributed by atoms with Crippen molar-refractivity contribution in [2.75, 3.05) is 5.32 Å². The highest BCUT2D eigenvalue weighted by Gasteiger charge is 2.44. The fourth-order valence-corrected chi connectivity index (χ4v) is 6.55.